The molecule has 1 N–H and O–H groups in total. The number of aromatic nitrogens is 1. The van der Waals surface area contributed by atoms with E-state index >= 15 is 0 Å². The number of ether oxygens (including phenoxy) is 1. The predicted molar refractivity (Wildman–Crippen MR) is 84.8 cm³/mol. The summed E-state index contributed by atoms with van der Waals surface area (Å²) in [6, 6.07) is 8.47. The van der Waals surface area contributed by atoms with Gasteiger partial charge >= 0.3 is 5.97 Å². The van der Waals surface area contributed by atoms with E-state index in [1.807, 2.05) is 0 Å². The summed E-state index contributed by atoms with van der Waals surface area (Å²) in [6.07, 6.45) is -1.41. The first-order chi connectivity index (χ1) is 11.4. The molecule has 24 heavy (non-hydrogen) atoms. The molecule has 0 bridgehead atoms. The molecule has 7 nitrogen and oxygen atoms in total. The first-order valence-corrected chi connectivity index (χ1v) is 7.72. The van der Waals surface area contributed by atoms with Gasteiger partial charge in [-0.1, -0.05) is 16.8 Å². The third-order valence-corrected chi connectivity index (χ3v) is 3.93. The van der Waals surface area contributed by atoms with E-state index in [0.29, 0.717) is 17.3 Å². The zero-order valence-electron chi connectivity index (χ0n) is 12.8. The minimum absolute atomic E-state index is 0.0261. The molecule has 2 atom stereocenters. The molecule has 1 aromatic heterocycles. The number of halogens is 1. The Kier molecular flexibility index (Phi) is 4.55. The van der Waals surface area contributed by atoms with E-state index in [-0.39, 0.29) is 24.2 Å². The largest absolute Gasteiger partial charge is 0.479 e. The predicted octanol–water partition coefficient (Wildman–Crippen LogP) is 2.31. The third-order valence-electron chi connectivity index (χ3n) is 3.68. The number of carbonyl (C=O) groups is 2. The van der Waals surface area contributed by atoms with E-state index in [1.165, 1.54) is 11.0 Å². The number of carboxylic acids is 1. The van der Waals surface area contributed by atoms with Gasteiger partial charge in [-0.2, -0.15) is 0 Å². The molecule has 1 aliphatic rings. The number of carboxylic acid groups (broad SMARTS) is 1. The molecular formula is C16H15ClN2O5. The van der Waals surface area contributed by atoms with Crippen LogP contribution in [0.4, 0.5) is 0 Å². The van der Waals surface area contributed by atoms with Crippen LogP contribution in [0.3, 0.4) is 0 Å². The lowest BCUT2D eigenvalue weighted by atomic mass is 10.1. The highest BCUT2D eigenvalue weighted by atomic mass is 35.5. The molecule has 0 aliphatic carbocycles. The summed E-state index contributed by atoms with van der Waals surface area (Å²) in [7, 11) is 0. The normalized spacial score (nSPS) is 20.8. The fourth-order valence-electron chi connectivity index (χ4n) is 2.54. The van der Waals surface area contributed by atoms with Crippen molar-refractivity contribution in [2.75, 3.05) is 13.1 Å². The SMILES string of the molecule is C[C@@H]1CN(C(=O)c2cc(-c3ccc(Cl)cc3)on2)CC(C(=O)O)O1. The molecule has 0 radical (unpaired) electrons. The summed E-state index contributed by atoms with van der Waals surface area (Å²) >= 11 is 5.84. The van der Waals surface area contributed by atoms with Crippen LogP contribution in [0.15, 0.2) is 34.9 Å². The summed E-state index contributed by atoms with van der Waals surface area (Å²) < 4.78 is 10.5. The van der Waals surface area contributed by atoms with Crippen molar-refractivity contribution in [1.82, 2.24) is 10.1 Å². The topological polar surface area (TPSA) is 92.9 Å². The van der Waals surface area contributed by atoms with Crippen LogP contribution in [0.2, 0.25) is 5.02 Å². The molecule has 3 rings (SSSR count). The quantitative estimate of drug-likeness (QED) is 0.913. The van der Waals surface area contributed by atoms with Gasteiger partial charge in [0.1, 0.15) is 0 Å². The van der Waals surface area contributed by atoms with Crippen LogP contribution in [-0.2, 0) is 9.53 Å². The number of carbonyl (C=O) groups excluding carboxylic acids is 1. The Morgan fingerprint density at radius 3 is 2.67 bits per heavy atom. The molecule has 1 aliphatic heterocycles. The summed E-state index contributed by atoms with van der Waals surface area (Å²) in [6.45, 7) is 1.99. The summed E-state index contributed by atoms with van der Waals surface area (Å²) in [5.74, 6) is -1.05. The Morgan fingerprint density at radius 2 is 2.00 bits per heavy atom. The molecule has 0 saturated carbocycles. The number of aliphatic carboxylic acids is 1. The van der Waals surface area contributed by atoms with Crippen molar-refractivity contribution in [3.63, 3.8) is 0 Å². The Balaban J connectivity index is 1.78. The van der Waals surface area contributed by atoms with Gasteiger partial charge in [0.25, 0.3) is 5.91 Å². The maximum Gasteiger partial charge on any atom is 0.334 e. The number of morpholine rings is 1. The number of hydrogen-bond donors (Lipinski definition) is 1. The summed E-state index contributed by atoms with van der Waals surface area (Å²) in [5.41, 5.74) is 0.864. The molecule has 1 amide bonds. The second-order valence-electron chi connectivity index (χ2n) is 5.57. The van der Waals surface area contributed by atoms with Gasteiger partial charge in [0.2, 0.25) is 0 Å². The first kappa shape index (κ1) is 16.5. The maximum absolute atomic E-state index is 12.5. The Morgan fingerprint density at radius 1 is 1.29 bits per heavy atom. The first-order valence-electron chi connectivity index (χ1n) is 7.34. The number of rotatable bonds is 3. The fraction of sp³-hybridized carbons (Fsp3) is 0.312. The molecule has 2 aromatic rings. The number of nitrogens with zero attached hydrogens (tertiary/aromatic N) is 2. The van der Waals surface area contributed by atoms with Gasteiger partial charge in [-0.3, -0.25) is 4.79 Å². The molecule has 8 heteroatoms. The Labute approximate surface area is 142 Å². The van der Waals surface area contributed by atoms with E-state index in [2.05, 4.69) is 5.16 Å². The van der Waals surface area contributed by atoms with Crippen LogP contribution in [0.1, 0.15) is 17.4 Å². The minimum atomic E-state index is -1.10. The van der Waals surface area contributed by atoms with Gasteiger partial charge in [-0.05, 0) is 31.2 Å². The van der Waals surface area contributed by atoms with Crippen molar-refractivity contribution in [1.29, 1.82) is 0 Å². The van der Waals surface area contributed by atoms with Crippen LogP contribution in [0, 0.1) is 0 Å². The smallest absolute Gasteiger partial charge is 0.334 e. The molecule has 1 fully saturated rings. The second-order valence-corrected chi connectivity index (χ2v) is 6.00. The lowest BCUT2D eigenvalue weighted by Gasteiger charge is -2.34. The standard InChI is InChI=1S/C16H15ClN2O5/c1-9-7-19(8-14(23-9)16(21)22)15(20)12-6-13(24-18-12)10-2-4-11(17)5-3-10/h2-6,9,14H,7-8H2,1H3,(H,21,22)/t9-,14?/m1/s1. The van der Waals surface area contributed by atoms with E-state index in [0.717, 1.165) is 5.56 Å². The highest BCUT2D eigenvalue weighted by Gasteiger charge is 2.34. The van der Waals surface area contributed by atoms with Crippen LogP contribution in [-0.4, -0.2) is 52.3 Å². The Bertz CT molecular complexity index is 758. The summed E-state index contributed by atoms with van der Waals surface area (Å²) in [5, 5.41) is 13.5. The van der Waals surface area contributed by atoms with Crippen LogP contribution in [0.25, 0.3) is 11.3 Å². The molecule has 2 heterocycles. The highest BCUT2D eigenvalue weighted by molar-refractivity contribution is 6.30. The van der Waals surface area contributed by atoms with Gasteiger partial charge in [-0.15, -0.1) is 0 Å². The third kappa shape index (κ3) is 3.42. The lowest BCUT2D eigenvalue weighted by molar-refractivity contribution is -0.160. The monoisotopic (exact) mass is 350 g/mol. The van der Waals surface area contributed by atoms with Gasteiger partial charge in [-0.25, -0.2) is 4.79 Å². The Hall–Kier alpha value is -2.38. The van der Waals surface area contributed by atoms with Gasteiger partial charge < -0.3 is 19.3 Å². The highest BCUT2D eigenvalue weighted by Crippen LogP contribution is 2.23. The zero-order chi connectivity index (χ0) is 17.3. The zero-order valence-corrected chi connectivity index (χ0v) is 13.6. The fourth-order valence-corrected chi connectivity index (χ4v) is 2.67. The molecule has 126 valence electrons. The molecule has 1 saturated heterocycles. The van der Waals surface area contributed by atoms with E-state index in [1.54, 1.807) is 31.2 Å². The van der Waals surface area contributed by atoms with Crippen molar-refractivity contribution >= 4 is 23.5 Å². The number of benzene rings is 1. The van der Waals surface area contributed by atoms with Crippen LogP contribution >= 0.6 is 11.6 Å². The minimum Gasteiger partial charge on any atom is -0.479 e. The average molecular weight is 351 g/mol. The van der Waals surface area contributed by atoms with Crippen molar-refractivity contribution in [2.45, 2.75) is 19.1 Å². The molecule has 1 unspecified atom stereocenters. The van der Waals surface area contributed by atoms with Gasteiger partial charge in [0, 0.05) is 23.2 Å². The van der Waals surface area contributed by atoms with Gasteiger partial charge in [0.15, 0.2) is 17.6 Å². The van der Waals surface area contributed by atoms with E-state index in [4.69, 9.17) is 26.0 Å². The van der Waals surface area contributed by atoms with E-state index < -0.39 is 12.1 Å². The van der Waals surface area contributed by atoms with Crippen LogP contribution in [0.5, 0.6) is 0 Å². The van der Waals surface area contributed by atoms with Gasteiger partial charge in [0.05, 0.1) is 12.6 Å². The van der Waals surface area contributed by atoms with E-state index in [9.17, 15) is 9.59 Å². The maximum atomic E-state index is 12.5. The molecular weight excluding hydrogens is 336 g/mol. The average Bonchev–Trinajstić information content (AvgIpc) is 3.04. The van der Waals surface area contributed by atoms with Crippen LogP contribution < -0.4 is 0 Å². The van der Waals surface area contributed by atoms with Crippen molar-refractivity contribution in [3.8, 4) is 11.3 Å². The van der Waals surface area contributed by atoms with Crippen molar-refractivity contribution in [2.24, 2.45) is 0 Å². The van der Waals surface area contributed by atoms with Crippen molar-refractivity contribution < 1.29 is 24.0 Å². The summed E-state index contributed by atoms with van der Waals surface area (Å²) in [4.78, 5) is 25.1. The number of amides is 1. The van der Waals surface area contributed by atoms with Crippen molar-refractivity contribution in [3.05, 3.63) is 41.0 Å². The number of hydrogen-bond acceptors (Lipinski definition) is 5. The second kappa shape index (κ2) is 6.62. The molecule has 0 spiro atoms. The molecule has 1 aromatic carbocycles. The lowest BCUT2D eigenvalue weighted by Crippen LogP contribution is -2.51.